The van der Waals surface area contributed by atoms with E-state index in [1.165, 1.54) is 11.1 Å². The van der Waals surface area contributed by atoms with E-state index in [-0.39, 0.29) is 10.8 Å². The van der Waals surface area contributed by atoms with E-state index < -0.39 is 0 Å². The van der Waals surface area contributed by atoms with Crippen molar-refractivity contribution in [2.24, 2.45) is 0 Å². The highest BCUT2D eigenvalue weighted by Crippen LogP contribution is 2.30. The summed E-state index contributed by atoms with van der Waals surface area (Å²) in [7, 11) is 0. The molecule has 6 nitrogen and oxygen atoms in total. The number of hydrogen-bond donors (Lipinski definition) is 0. The van der Waals surface area contributed by atoms with Gasteiger partial charge in [-0.1, -0.05) is 108 Å². The fraction of sp³-hybridized carbons (Fsp3) is 0.385. The van der Waals surface area contributed by atoms with Crippen LogP contribution in [0.2, 0.25) is 0 Å². The van der Waals surface area contributed by atoms with Crippen LogP contribution >= 0.6 is 11.8 Å². The molecule has 0 aliphatic carbocycles. The molecule has 172 valence electrons. The summed E-state index contributed by atoms with van der Waals surface area (Å²) in [6.07, 6.45) is 0. The lowest BCUT2D eigenvalue weighted by molar-refractivity contribution is 0.378. The van der Waals surface area contributed by atoms with Crippen molar-refractivity contribution in [3.05, 3.63) is 77.5 Å². The van der Waals surface area contributed by atoms with Crippen molar-refractivity contribution < 1.29 is 4.42 Å². The van der Waals surface area contributed by atoms with E-state index in [1.807, 2.05) is 6.07 Å². The summed E-state index contributed by atoms with van der Waals surface area (Å²) >= 11 is 1.56. The first kappa shape index (κ1) is 23.2. The molecule has 0 aliphatic heterocycles. The number of aromatic nitrogens is 5. The smallest absolute Gasteiger partial charge is 0.226 e. The van der Waals surface area contributed by atoms with Crippen LogP contribution in [0.5, 0.6) is 0 Å². The van der Waals surface area contributed by atoms with Crippen LogP contribution in [0.25, 0.3) is 11.4 Å². The summed E-state index contributed by atoms with van der Waals surface area (Å²) in [6, 6.07) is 19.0. The Bertz CT molecular complexity index is 1200. The van der Waals surface area contributed by atoms with E-state index in [4.69, 9.17) is 4.42 Å². The maximum atomic E-state index is 5.86. The predicted octanol–water partition coefficient (Wildman–Crippen LogP) is 6.26. The maximum absolute atomic E-state index is 5.86. The summed E-state index contributed by atoms with van der Waals surface area (Å²) in [6.45, 7) is 13.5. The molecule has 2 aromatic carbocycles. The van der Waals surface area contributed by atoms with Gasteiger partial charge in [0.1, 0.15) is 0 Å². The second-order valence-electron chi connectivity index (χ2n) is 10.2. The zero-order valence-electron chi connectivity index (χ0n) is 20.2. The summed E-state index contributed by atoms with van der Waals surface area (Å²) in [4.78, 5) is 0. The molecule has 0 spiro atoms. The van der Waals surface area contributed by atoms with Crippen LogP contribution in [0.15, 0.2) is 64.2 Å². The van der Waals surface area contributed by atoms with E-state index in [2.05, 4.69) is 115 Å². The maximum Gasteiger partial charge on any atom is 0.226 e. The predicted molar refractivity (Wildman–Crippen MR) is 132 cm³/mol. The second kappa shape index (κ2) is 9.14. The molecule has 0 atom stereocenters. The fourth-order valence-electron chi connectivity index (χ4n) is 3.38. The Morgan fingerprint density at radius 2 is 1.48 bits per heavy atom. The first-order chi connectivity index (χ1) is 15.6. The summed E-state index contributed by atoms with van der Waals surface area (Å²) in [5.41, 5.74) is 3.47. The lowest BCUT2D eigenvalue weighted by Gasteiger charge is -2.19. The largest absolute Gasteiger partial charge is 0.424 e. The molecule has 0 amide bonds. The summed E-state index contributed by atoms with van der Waals surface area (Å²) < 4.78 is 8.02. The molecular weight excluding hydrogens is 430 g/mol. The molecular formula is C26H31N5OS. The number of nitrogens with zero attached hydrogens (tertiary/aromatic N) is 5. The van der Waals surface area contributed by atoms with Crippen molar-refractivity contribution in [2.75, 3.05) is 0 Å². The van der Waals surface area contributed by atoms with Gasteiger partial charge in [-0.25, -0.2) is 0 Å². The third-order valence-corrected chi connectivity index (χ3v) is 6.29. The molecule has 0 saturated heterocycles. The minimum absolute atomic E-state index is 0.104. The van der Waals surface area contributed by atoms with Gasteiger partial charge < -0.3 is 4.42 Å². The van der Waals surface area contributed by atoms with Gasteiger partial charge in [-0.15, -0.1) is 20.4 Å². The molecule has 0 radical (unpaired) electrons. The fourth-order valence-corrected chi connectivity index (χ4v) is 4.15. The summed E-state index contributed by atoms with van der Waals surface area (Å²) in [5.74, 6) is 2.63. The van der Waals surface area contributed by atoms with Gasteiger partial charge in [0.2, 0.25) is 11.8 Å². The highest BCUT2D eigenvalue weighted by atomic mass is 32.2. The molecule has 4 rings (SSSR count). The molecule has 0 aliphatic rings. The van der Waals surface area contributed by atoms with Gasteiger partial charge in [-0.05, 0) is 16.5 Å². The van der Waals surface area contributed by atoms with E-state index in [9.17, 15) is 0 Å². The molecule has 33 heavy (non-hydrogen) atoms. The Labute approximate surface area is 199 Å². The van der Waals surface area contributed by atoms with Crippen LogP contribution in [-0.2, 0) is 23.1 Å². The molecule has 0 saturated carbocycles. The SMILES string of the molecule is CC(C)(C)c1ccc(-c2nnc(SCc3nnc(C(C)(C)C)o3)n2Cc2ccccc2)cc1. The van der Waals surface area contributed by atoms with Crippen LogP contribution < -0.4 is 0 Å². The Balaban J connectivity index is 1.63. The average Bonchev–Trinajstić information content (AvgIpc) is 3.40. The Kier molecular flexibility index (Phi) is 6.43. The van der Waals surface area contributed by atoms with Crippen molar-refractivity contribution in [1.82, 2.24) is 25.0 Å². The Hall–Kier alpha value is -2.93. The van der Waals surface area contributed by atoms with E-state index >= 15 is 0 Å². The number of thioether (sulfide) groups is 1. The van der Waals surface area contributed by atoms with Crippen LogP contribution in [0, 0.1) is 0 Å². The van der Waals surface area contributed by atoms with Crippen LogP contribution in [-0.4, -0.2) is 25.0 Å². The van der Waals surface area contributed by atoms with Crippen LogP contribution in [0.4, 0.5) is 0 Å². The highest BCUT2D eigenvalue weighted by Gasteiger charge is 2.22. The van der Waals surface area contributed by atoms with E-state index in [0.717, 1.165) is 16.5 Å². The normalized spacial score (nSPS) is 12.3. The molecule has 7 heteroatoms. The lowest BCUT2D eigenvalue weighted by Crippen LogP contribution is -2.11. The topological polar surface area (TPSA) is 69.6 Å². The zero-order valence-corrected chi connectivity index (χ0v) is 21.0. The van der Waals surface area contributed by atoms with Gasteiger partial charge in [0.05, 0.1) is 12.3 Å². The van der Waals surface area contributed by atoms with Crippen LogP contribution in [0.1, 0.15) is 64.5 Å². The minimum atomic E-state index is -0.171. The minimum Gasteiger partial charge on any atom is -0.424 e. The van der Waals surface area contributed by atoms with Crippen molar-refractivity contribution in [3.63, 3.8) is 0 Å². The third kappa shape index (κ3) is 5.53. The molecule has 2 heterocycles. The molecule has 0 N–H and O–H groups in total. The quantitative estimate of drug-likeness (QED) is 0.316. The van der Waals surface area contributed by atoms with Gasteiger partial charge >= 0.3 is 0 Å². The van der Waals surface area contributed by atoms with E-state index in [1.54, 1.807) is 11.8 Å². The Morgan fingerprint density at radius 1 is 0.788 bits per heavy atom. The standard InChI is InChI=1S/C26H31N5OS/c1-25(2,3)20-14-12-19(13-15-20)22-28-30-24(31(22)16-18-10-8-7-9-11-18)33-17-21-27-29-23(32-21)26(4,5)6/h7-15H,16-17H2,1-6H3. The molecule has 0 unspecified atom stereocenters. The highest BCUT2D eigenvalue weighted by molar-refractivity contribution is 7.98. The third-order valence-electron chi connectivity index (χ3n) is 5.34. The van der Waals surface area contributed by atoms with Gasteiger partial charge in [0.25, 0.3) is 0 Å². The van der Waals surface area contributed by atoms with E-state index in [0.29, 0.717) is 24.1 Å². The lowest BCUT2D eigenvalue weighted by atomic mass is 9.87. The first-order valence-corrected chi connectivity index (χ1v) is 12.1. The van der Waals surface area contributed by atoms with Crippen molar-refractivity contribution in [3.8, 4) is 11.4 Å². The molecule has 2 aromatic heterocycles. The van der Waals surface area contributed by atoms with Gasteiger partial charge in [-0.3, -0.25) is 4.57 Å². The number of rotatable bonds is 6. The van der Waals surface area contributed by atoms with Gasteiger partial charge in [0.15, 0.2) is 11.0 Å². The van der Waals surface area contributed by atoms with Crippen molar-refractivity contribution in [1.29, 1.82) is 0 Å². The van der Waals surface area contributed by atoms with Crippen LogP contribution in [0.3, 0.4) is 0 Å². The molecule has 4 aromatic rings. The zero-order chi connectivity index (χ0) is 23.6. The van der Waals surface area contributed by atoms with Gasteiger partial charge in [-0.2, -0.15) is 0 Å². The monoisotopic (exact) mass is 461 g/mol. The Morgan fingerprint density at radius 3 is 2.09 bits per heavy atom. The number of benzene rings is 2. The van der Waals surface area contributed by atoms with Crippen molar-refractivity contribution >= 4 is 11.8 Å². The summed E-state index contributed by atoms with van der Waals surface area (Å²) in [5, 5.41) is 18.3. The van der Waals surface area contributed by atoms with Gasteiger partial charge in [0, 0.05) is 11.0 Å². The van der Waals surface area contributed by atoms with Crippen molar-refractivity contribution in [2.45, 2.75) is 69.8 Å². The second-order valence-corrected chi connectivity index (χ2v) is 11.2. The molecule has 0 fully saturated rings. The first-order valence-electron chi connectivity index (χ1n) is 11.1. The number of hydrogen-bond acceptors (Lipinski definition) is 6. The molecule has 0 bridgehead atoms. The average molecular weight is 462 g/mol.